The van der Waals surface area contributed by atoms with Crippen LogP contribution >= 0.6 is 0 Å². The summed E-state index contributed by atoms with van der Waals surface area (Å²) in [7, 11) is 0. The van der Waals surface area contributed by atoms with Crippen molar-refractivity contribution in [1.29, 1.82) is 0 Å². The first-order valence-corrected chi connectivity index (χ1v) is 5.36. The second-order valence-corrected chi connectivity index (χ2v) is 3.95. The van der Waals surface area contributed by atoms with Gasteiger partial charge in [0.1, 0.15) is 0 Å². The number of nitrogens with one attached hydrogen (secondary N) is 2. The number of carboxylic acids is 1. The van der Waals surface area contributed by atoms with Crippen LogP contribution in [0, 0.1) is 0 Å². The molecule has 0 saturated heterocycles. The number of nitrogens with two attached hydrogens (primary N) is 1. The number of aromatic amines is 1. The maximum Gasteiger partial charge on any atom is 0.328 e. The summed E-state index contributed by atoms with van der Waals surface area (Å²) in [6, 6.07) is -2.28. The molecule has 0 aliphatic rings. The number of hydrogen-bond acceptors (Lipinski definition) is 5. The Morgan fingerprint density at radius 2 is 2.28 bits per heavy atom. The van der Waals surface area contributed by atoms with Crippen LogP contribution in [0.3, 0.4) is 0 Å². The summed E-state index contributed by atoms with van der Waals surface area (Å²) in [6.07, 6.45) is 1.98. The van der Waals surface area contributed by atoms with Crippen molar-refractivity contribution in [3.63, 3.8) is 0 Å². The van der Waals surface area contributed by atoms with E-state index in [1.807, 2.05) is 0 Å². The van der Waals surface area contributed by atoms with E-state index in [0.717, 1.165) is 0 Å². The van der Waals surface area contributed by atoms with Crippen LogP contribution in [0.2, 0.25) is 0 Å². The normalized spacial score (nSPS) is 15.7. The number of H-pyrrole nitrogens is 1. The van der Waals surface area contributed by atoms with Gasteiger partial charge in [-0.15, -0.1) is 0 Å². The highest BCUT2D eigenvalue weighted by atomic mass is 16.4. The van der Waals surface area contributed by atoms with Gasteiger partial charge in [-0.05, 0) is 6.92 Å². The molecule has 0 bridgehead atoms. The van der Waals surface area contributed by atoms with Crippen molar-refractivity contribution in [2.45, 2.75) is 31.5 Å². The number of aliphatic hydroxyl groups excluding tert-OH is 1. The van der Waals surface area contributed by atoms with Crippen LogP contribution in [0.25, 0.3) is 0 Å². The molecule has 3 unspecified atom stereocenters. The quantitative estimate of drug-likeness (QED) is 0.408. The van der Waals surface area contributed by atoms with Crippen LogP contribution in [0.5, 0.6) is 0 Å². The largest absolute Gasteiger partial charge is 0.480 e. The summed E-state index contributed by atoms with van der Waals surface area (Å²) in [5.74, 6) is -1.95. The zero-order valence-electron chi connectivity index (χ0n) is 9.83. The van der Waals surface area contributed by atoms with Gasteiger partial charge < -0.3 is 26.2 Å². The Morgan fingerprint density at radius 1 is 1.61 bits per heavy atom. The minimum Gasteiger partial charge on any atom is -0.480 e. The number of carboxylic acid groups (broad SMARTS) is 1. The van der Waals surface area contributed by atoms with E-state index in [2.05, 4.69) is 15.3 Å². The molecular weight excluding hydrogens is 240 g/mol. The van der Waals surface area contributed by atoms with E-state index in [0.29, 0.717) is 5.69 Å². The van der Waals surface area contributed by atoms with Crippen molar-refractivity contribution in [2.24, 2.45) is 5.73 Å². The maximum atomic E-state index is 11.6. The van der Waals surface area contributed by atoms with Gasteiger partial charge in [-0.3, -0.25) is 4.79 Å². The van der Waals surface area contributed by atoms with Crippen molar-refractivity contribution in [2.75, 3.05) is 0 Å². The van der Waals surface area contributed by atoms with Crippen molar-refractivity contribution in [1.82, 2.24) is 15.3 Å². The molecule has 0 fully saturated rings. The number of rotatable bonds is 6. The van der Waals surface area contributed by atoms with Gasteiger partial charge in [0.25, 0.3) is 0 Å². The third-order valence-corrected chi connectivity index (χ3v) is 2.38. The highest BCUT2D eigenvalue weighted by molar-refractivity contribution is 5.87. The van der Waals surface area contributed by atoms with Gasteiger partial charge in [0, 0.05) is 18.3 Å². The molecule has 0 aliphatic heterocycles. The molecule has 1 rings (SSSR count). The first-order valence-electron chi connectivity index (χ1n) is 5.36. The predicted octanol–water partition coefficient (Wildman–Crippen LogP) is -1.77. The van der Waals surface area contributed by atoms with Gasteiger partial charge in [0.2, 0.25) is 5.91 Å². The Labute approximate surface area is 103 Å². The topological polar surface area (TPSA) is 141 Å². The van der Waals surface area contributed by atoms with E-state index >= 15 is 0 Å². The molecule has 0 aromatic carbocycles. The molecule has 1 aromatic heterocycles. The summed E-state index contributed by atoms with van der Waals surface area (Å²) in [6.45, 7) is 1.28. The van der Waals surface area contributed by atoms with E-state index in [-0.39, 0.29) is 6.42 Å². The van der Waals surface area contributed by atoms with Crippen LogP contribution in [0.15, 0.2) is 12.5 Å². The van der Waals surface area contributed by atoms with Gasteiger partial charge in [-0.2, -0.15) is 0 Å². The number of carbonyl (C=O) groups excluding carboxylic acids is 1. The molecule has 1 heterocycles. The molecule has 18 heavy (non-hydrogen) atoms. The smallest absolute Gasteiger partial charge is 0.328 e. The lowest BCUT2D eigenvalue weighted by atomic mass is 10.1. The SMILES string of the molecule is CC(O)C(NC(=O)C(N)Cc1cnc[nH]1)C(=O)O. The molecule has 0 radical (unpaired) electrons. The highest BCUT2D eigenvalue weighted by Gasteiger charge is 2.27. The Hall–Kier alpha value is -1.93. The number of carbonyl (C=O) groups is 2. The molecule has 1 aromatic rings. The summed E-state index contributed by atoms with van der Waals surface area (Å²) in [5, 5.41) is 20.2. The zero-order chi connectivity index (χ0) is 13.7. The monoisotopic (exact) mass is 256 g/mol. The van der Waals surface area contributed by atoms with Gasteiger partial charge in [0.05, 0.1) is 18.5 Å². The first kappa shape index (κ1) is 14.1. The fourth-order valence-electron chi connectivity index (χ4n) is 1.37. The summed E-state index contributed by atoms with van der Waals surface area (Å²) >= 11 is 0. The van der Waals surface area contributed by atoms with Gasteiger partial charge in [-0.25, -0.2) is 9.78 Å². The van der Waals surface area contributed by atoms with Crippen LogP contribution < -0.4 is 11.1 Å². The molecule has 100 valence electrons. The molecule has 0 spiro atoms. The lowest BCUT2D eigenvalue weighted by Crippen LogP contribution is -2.53. The zero-order valence-corrected chi connectivity index (χ0v) is 9.83. The van der Waals surface area contributed by atoms with Gasteiger partial charge >= 0.3 is 5.97 Å². The number of hydrogen-bond donors (Lipinski definition) is 5. The minimum atomic E-state index is -1.37. The van der Waals surface area contributed by atoms with Crippen molar-refractivity contribution < 1.29 is 19.8 Å². The third kappa shape index (κ3) is 3.82. The average Bonchev–Trinajstić information content (AvgIpc) is 2.77. The Kier molecular flexibility index (Phi) is 4.81. The average molecular weight is 256 g/mol. The number of aromatic nitrogens is 2. The Bertz CT molecular complexity index is 404. The lowest BCUT2D eigenvalue weighted by Gasteiger charge is -2.19. The minimum absolute atomic E-state index is 0.206. The van der Waals surface area contributed by atoms with E-state index in [1.165, 1.54) is 19.4 Å². The fraction of sp³-hybridized carbons (Fsp3) is 0.500. The second kappa shape index (κ2) is 6.12. The number of aliphatic carboxylic acids is 1. The number of amides is 1. The second-order valence-electron chi connectivity index (χ2n) is 3.95. The van der Waals surface area contributed by atoms with Crippen molar-refractivity contribution in [3.8, 4) is 0 Å². The predicted molar refractivity (Wildman–Crippen MR) is 61.5 cm³/mol. The molecular formula is C10H16N4O4. The number of imidazole rings is 1. The molecule has 0 aliphatic carbocycles. The van der Waals surface area contributed by atoms with Crippen LogP contribution in [0.4, 0.5) is 0 Å². The summed E-state index contributed by atoms with van der Waals surface area (Å²) < 4.78 is 0. The lowest BCUT2D eigenvalue weighted by molar-refractivity contribution is -0.144. The first-order chi connectivity index (χ1) is 8.41. The van der Waals surface area contributed by atoms with E-state index in [1.54, 1.807) is 0 Å². The van der Waals surface area contributed by atoms with Crippen molar-refractivity contribution >= 4 is 11.9 Å². The maximum absolute atomic E-state index is 11.6. The standard InChI is InChI=1S/C10H16N4O4/c1-5(15)8(10(17)18)14-9(16)7(11)2-6-3-12-4-13-6/h3-5,7-8,15H,2,11H2,1H3,(H,12,13)(H,14,16)(H,17,18). The Morgan fingerprint density at radius 3 is 2.72 bits per heavy atom. The van der Waals surface area contributed by atoms with Crippen LogP contribution in [0.1, 0.15) is 12.6 Å². The Balaban J connectivity index is 2.56. The van der Waals surface area contributed by atoms with E-state index in [9.17, 15) is 14.7 Å². The van der Waals surface area contributed by atoms with Crippen LogP contribution in [-0.2, 0) is 16.0 Å². The molecule has 3 atom stereocenters. The fourth-order valence-corrected chi connectivity index (χ4v) is 1.37. The molecule has 1 amide bonds. The van der Waals surface area contributed by atoms with Gasteiger partial charge in [0.15, 0.2) is 6.04 Å². The molecule has 8 heteroatoms. The highest BCUT2D eigenvalue weighted by Crippen LogP contribution is 1.99. The van der Waals surface area contributed by atoms with Crippen LogP contribution in [-0.4, -0.2) is 50.2 Å². The third-order valence-electron chi connectivity index (χ3n) is 2.38. The summed E-state index contributed by atoms with van der Waals surface area (Å²) in [5.41, 5.74) is 6.29. The summed E-state index contributed by atoms with van der Waals surface area (Å²) in [4.78, 5) is 29.0. The molecule has 0 saturated carbocycles. The number of nitrogens with zero attached hydrogens (tertiary/aromatic N) is 1. The van der Waals surface area contributed by atoms with E-state index in [4.69, 9.17) is 10.8 Å². The molecule has 8 nitrogen and oxygen atoms in total. The number of aliphatic hydroxyl groups is 1. The van der Waals surface area contributed by atoms with Crippen molar-refractivity contribution in [3.05, 3.63) is 18.2 Å². The van der Waals surface area contributed by atoms with E-state index < -0.39 is 30.1 Å². The molecule has 6 N–H and O–H groups in total. The van der Waals surface area contributed by atoms with Gasteiger partial charge in [-0.1, -0.05) is 0 Å².